The van der Waals surface area contributed by atoms with E-state index < -0.39 is 6.10 Å². The van der Waals surface area contributed by atoms with Gasteiger partial charge in [-0.15, -0.1) is 12.4 Å². The molecule has 0 saturated carbocycles. The molecule has 0 aliphatic heterocycles. The third kappa shape index (κ3) is 2.60. The number of aliphatic hydroxyl groups excluding tert-OH is 1. The van der Waals surface area contributed by atoms with Crippen molar-refractivity contribution in [2.75, 3.05) is 0 Å². The van der Waals surface area contributed by atoms with Crippen molar-refractivity contribution in [2.24, 2.45) is 5.73 Å². The second-order valence-electron chi connectivity index (χ2n) is 4.28. The van der Waals surface area contributed by atoms with Crippen LogP contribution in [-0.2, 0) is 0 Å². The van der Waals surface area contributed by atoms with Crippen molar-refractivity contribution < 1.29 is 5.11 Å². The van der Waals surface area contributed by atoms with E-state index in [1.54, 1.807) is 6.92 Å². The Morgan fingerprint density at radius 1 is 1.06 bits per heavy atom. The maximum Gasteiger partial charge on any atom is 0.0704 e. The van der Waals surface area contributed by atoms with E-state index in [-0.39, 0.29) is 18.4 Å². The van der Waals surface area contributed by atoms with Crippen LogP contribution in [0.1, 0.15) is 24.1 Å². The highest BCUT2D eigenvalue weighted by Crippen LogP contribution is 2.27. The van der Waals surface area contributed by atoms with Gasteiger partial charge in [-0.1, -0.05) is 36.4 Å². The van der Waals surface area contributed by atoms with Crippen molar-refractivity contribution in [3.05, 3.63) is 47.5 Å². The van der Waals surface area contributed by atoms with Crippen molar-refractivity contribution in [1.29, 1.82) is 0 Å². The molecule has 0 aliphatic rings. The summed E-state index contributed by atoms with van der Waals surface area (Å²) in [6.07, 6.45) is -0.536. The Labute approximate surface area is 108 Å². The molecule has 92 valence electrons. The summed E-state index contributed by atoms with van der Waals surface area (Å²) in [4.78, 5) is 0. The van der Waals surface area contributed by atoms with Crippen molar-refractivity contribution in [3.63, 3.8) is 0 Å². The Bertz CT molecular complexity index is 511. The number of aryl methyl sites for hydroxylation is 1. The fourth-order valence-corrected chi connectivity index (χ4v) is 2.02. The molecule has 2 rings (SSSR count). The van der Waals surface area contributed by atoms with Gasteiger partial charge in [0.25, 0.3) is 0 Å². The zero-order valence-corrected chi connectivity index (χ0v) is 10.9. The lowest BCUT2D eigenvalue weighted by atomic mass is 9.94. The summed E-state index contributed by atoms with van der Waals surface area (Å²) in [5.74, 6) is 0. The SMILES string of the molecule is Cc1ccc([C@@H](N)[C@H](C)O)c2ccccc12.Cl. The van der Waals surface area contributed by atoms with E-state index >= 15 is 0 Å². The molecule has 3 N–H and O–H groups in total. The molecule has 0 unspecified atom stereocenters. The average molecular weight is 252 g/mol. The molecule has 0 aliphatic carbocycles. The van der Waals surface area contributed by atoms with Gasteiger partial charge in [0.1, 0.15) is 0 Å². The van der Waals surface area contributed by atoms with Gasteiger partial charge in [-0.2, -0.15) is 0 Å². The van der Waals surface area contributed by atoms with Gasteiger partial charge in [-0.3, -0.25) is 0 Å². The van der Waals surface area contributed by atoms with E-state index in [0.717, 1.165) is 10.9 Å². The summed E-state index contributed by atoms with van der Waals surface area (Å²) in [6.45, 7) is 3.80. The van der Waals surface area contributed by atoms with E-state index in [0.29, 0.717) is 0 Å². The van der Waals surface area contributed by atoms with Crippen LogP contribution in [-0.4, -0.2) is 11.2 Å². The molecule has 17 heavy (non-hydrogen) atoms. The van der Waals surface area contributed by atoms with E-state index in [9.17, 15) is 5.11 Å². The van der Waals surface area contributed by atoms with Crippen LogP contribution in [0.2, 0.25) is 0 Å². The zero-order chi connectivity index (χ0) is 11.7. The molecule has 2 nitrogen and oxygen atoms in total. The van der Waals surface area contributed by atoms with Crippen molar-refractivity contribution in [3.8, 4) is 0 Å². The lowest BCUT2D eigenvalue weighted by molar-refractivity contribution is 0.165. The van der Waals surface area contributed by atoms with Crippen LogP contribution in [0.5, 0.6) is 0 Å². The summed E-state index contributed by atoms with van der Waals surface area (Å²) in [5.41, 5.74) is 8.25. The first-order valence-corrected chi connectivity index (χ1v) is 5.53. The Kier molecular flexibility index (Phi) is 4.52. The third-order valence-electron chi connectivity index (χ3n) is 3.05. The maximum absolute atomic E-state index is 9.58. The molecule has 3 heteroatoms. The highest BCUT2D eigenvalue weighted by Gasteiger charge is 2.15. The molecular formula is C14H18ClNO. The van der Waals surface area contributed by atoms with Gasteiger partial charge in [0, 0.05) is 0 Å². The van der Waals surface area contributed by atoms with E-state index in [4.69, 9.17) is 5.73 Å². The summed E-state index contributed by atoms with van der Waals surface area (Å²) in [7, 11) is 0. The summed E-state index contributed by atoms with van der Waals surface area (Å²) in [6, 6.07) is 11.9. The number of aliphatic hydroxyl groups is 1. The Morgan fingerprint density at radius 3 is 2.24 bits per heavy atom. The summed E-state index contributed by atoms with van der Waals surface area (Å²) >= 11 is 0. The Balaban J connectivity index is 0.00000144. The molecular weight excluding hydrogens is 234 g/mol. The van der Waals surface area contributed by atoms with Gasteiger partial charge in [-0.05, 0) is 35.7 Å². The van der Waals surface area contributed by atoms with Crippen LogP contribution in [0.3, 0.4) is 0 Å². The topological polar surface area (TPSA) is 46.2 Å². The molecule has 0 amide bonds. The molecule has 0 aromatic heterocycles. The number of hydrogen-bond acceptors (Lipinski definition) is 2. The highest BCUT2D eigenvalue weighted by molar-refractivity contribution is 5.88. The normalized spacial score (nSPS) is 14.1. The largest absolute Gasteiger partial charge is 0.391 e. The van der Waals surface area contributed by atoms with Crippen LogP contribution in [0, 0.1) is 6.92 Å². The molecule has 2 aromatic carbocycles. The van der Waals surface area contributed by atoms with Crippen molar-refractivity contribution in [1.82, 2.24) is 0 Å². The highest BCUT2D eigenvalue weighted by atomic mass is 35.5. The Hall–Kier alpha value is -1.09. The monoisotopic (exact) mass is 251 g/mol. The predicted molar refractivity (Wildman–Crippen MR) is 74.5 cm³/mol. The van der Waals surface area contributed by atoms with Gasteiger partial charge in [-0.25, -0.2) is 0 Å². The van der Waals surface area contributed by atoms with Gasteiger partial charge < -0.3 is 10.8 Å². The number of benzene rings is 2. The minimum Gasteiger partial charge on any atom is -0.391 e. The molecule has 0 spiro atoms. The van der Waals surface area contributed by atoms with Gasteiger partial charge in [0.2, 0.25) is 0 Å². The number of halogens is 1. The fraction of sp³-hybridized carbons (Fsp3) is 0.286. The van der Waals surface area contributed by atoms with E-state index in [1.165, 1.54) is 10.9 Å². The Morgan fingerprint density at radius 2 is 1.65 bits per heavy atom. The molecule has 2 aromatic rings. The van der Waals surface area contributed by atoms with Crippen LogP contribution >= 0.6 is 12.4 Å². The number of nitrogens with two attached hydrogens (primary N) is 1. The molecule has 0 heterocycles. The predicted octanol–water partition coefficient (Wildman–Crippen LogP) is 2.95. The van der Waals surface area contributed by atoms with E-state index in [1.807, 2.05) is 18.2 Å². The minimum absolute atomic E-state index is 0. The standard InChI is InChI=1S/C14H17NO.ClH/c1-9-7-8-13(14(15)10(2)16)12-6-4-3-5-11(9)12;/h3-8,10,14,16H,15H2,1-2H3;1H/t10-,14-;/m0./s1. The molecule has 0 bridgehead atoms. The first-order chi connectivity index (χ1) is 7.61. The number of rotatable bonds is 2. The second-order valence-corrected chi connectivity index (χ2v) is 4.28. The lowest BCUT2D eigenvalue weighted by Crippen LogP contribution is -2.23. The van der Waals surface area contributed by atoms with Crippen LogP contribution < -0.4 is 5.73 Å². The molecule has 2 atom stereocenters. The smallest absolute Gasteiger partial charge is 0.0704 e. The second kappa shape index (κ2) is 5.50. The molecule has 0 radical (unpaired) electrons. The minimum atomic E-state index is -0.536. The third-order valence-corrected chi connectivity index (χ3v) is 3.05. The van der Waals surface area contributed by atoms with Gasteiger partial charge in [0.05, 0.1) is 12.1 Å². The van der Waals surface area contributed by atoms with Crippen molar-refractivity contribution in [2.45, 2.75) is 26.0 Å². The zero-order valence-electron chi connectivity index (χ0n) is 10.1. The summed E-state index contributed by atoms with van der Waals surface area (Å²) < 4.78 is 0. The average Bonchev–Trinajstić information content (AvgIpc) is 2.29. The van der Waals surface area contributed by atoms with Crippen molar-refractivity contribution >= 4 is 23.2 Å². The van der Waals surface area contributed by atoms with Crippen LogP contribution in [0.15, 0.2) is 36.4 Å². The fourth-order valence-electron chi connectivity index (χ4n) is 2.02. The number of fused-ring (bicyclic) bond motifs is 1. The first kappa shape index (κ1) is 14.0. The molecule has 0 fully saturated rings. The first-order valence-electron chi connectivity index (χ1n) is 5.53. The quantitative estimate of drug-likeness (QED) is 0.862. The summed E-state index contributed by atoms with van der Waals surface area (Å²) in [5, 5.41) is 11.9. The van der Waals surface area contributed by atoms with Gasteiger partial charge in [0.15, 0.2) is 0 Å². The maximum atomic E-state index is 9.58. The van der Waals surface area contributed by atoms with Crippen LogP contribution in [0.25, 0.3) is 10.8 Å². The van der Waals surface area contributed by atoms with Gasteiger partial charge >= 0.3 is 0 Å². The lowest BCUT2D eigenvalue weighted by Gasteiger charge is -2.18. The van der Waals surface area contributed by atoms with E-state index in [2.05, 4.69) is 25.1 Å². The molecule has 0 saturated heterocycles. The van der Waals surface area contributed by atoms with Crippen LogP contribution in [0.4, 0.5) is 0 Å². The number of hydrogen-bond donors (Lipinski definition) is 2.